The first-order chi connectivity index (χ1) is 6.71. The second kappa shape index (κ2) is 4.09. The lowest BCUT2D eigenvalue weighted by Gasteiger charge is -2.18. The molecular formula is C10H12ClNSSi. The lowest BCUT2D eigenvalue weighted by atomic mass is 10.4. The van der Waals surface area contributed by atoms with Gasteiger partial charge in [0, 0.05) is 12.3 Å². The first kappa shape index (κ1) is 10.3. The fourth-order valence-electron chi connectivity index (χ4n) is 1.49. The first-order valence-electron chi connectivity index (χ1n) is 4.63. The van der Waals surface area contributed by atoms with E-state index in [4.69, 9.17) is 11.1 Å². The van der Waals surface area contributed by atoms with Crippen molar-refractivity contribution >= 4 is 40.1 Å². The number of hydrogen-bond donors (Lipinski definition) is 0. The zero-order valence-corrected chi connectivity index (χ0v) is 10.6. The molecule has 74 valence electrons. The molecule has 4 heteroatoms. The molecule has 1 aromatic carbocycles. The second-order valence-corrected chi connectivity index (χ2v) is 10.2. The minimum Gasteiger partial charge on any atom is -0.285 e. The van der Waals surface area contributed by atoms with Crippen LogP contribution in [0.2, 0.25) is 6.55 Å². The van der Waals surface area contributed by atoms with Crippen LogP contribution in [0.25, 0.3) is 0 Å². The molecule has 1 aromatic rings. The molecule has 1 heterocycles. The van der Waals surface area contributed by atoms with E-state index < -0.39 is 7.38 Å². The van der Waals surface area contributed by atoms with Gasteiger partial charge in [-0.2, -0.15) is 11.1 Å². The van der Waals surface area contributed by atoms with Crippen LogP contribution in [-0.2, 0) is 0 Å². The lowest BCUT2D eigenvalue weighted by Crippen LogP contribution is -2.45. The van der Waals surface area contributed by atoms with E-state index in [1.807, 2.05) is 30.0 Å². The maximum absolute atomic E-state index is 6.66. The van der Waals surface area contributed by atoms with Crippen molar-refractivity contribution in [3.05, 3.63) is 30.3 Å². The van der Waals surface area contributed by atoms with Crippen LogP contribution in [0, 0.1) is 0 Å². The third kappa shape index (κ3) is 1.90. The average Bonchev–Trinajstić information content (AvgIpc) is 2.72. The predicted molar refractivity (Wildman–Crippen MR) is 68.3 cm³/mol. The highest BCUT2D eigenvalue weighted by molar-refractivity contribution is 8.19. The highest BCUT2D eigenvalue weighted by Gasteiger charge is 2.35. The smallest absolute Gasteiger partial charge is 0.242 e. The second-order valence-electron chi connectivity index (χ2n) is 3.40. The molecule has 0 bridgehead atoms. The van der Waals surface area contributed by atoms with Crippen LogP contribution in [0.3, 0.4) is 0 Å². The molecule has 2 rings (SSSR count). The SMILES string of the molecule is C[Si](Cl)(C1=NCCS1)c1ccccc1. The van der Waals surface area contributed by atoms with Crippen molar-refractivity contribution in [1.82, 2.24) is 0 Å². The summed E-state index contributed by atoms with van der Waals surface area (Å²) in [6.07, 6.45) is 0. The topological polar surface area (TPSA) is 12.4 Å². The van der Waals surface area contributed by atoms with E-state index in [1.165, 1.54) is 9.85 Å². The van der Waals surface area contributed by atoms with E-state index in [2.05, 4.69) is 23.7 Å². The Morgan fingerprint density at radius 3 is 2.64 bits per heavy atom. The van der Waals surface area contributed by atoms with Crippen molar-refractivity contribution in [2.45, 2.75) is 6.55 Å². The molecule has 0 radical (unpaired) electrons. The standard InChI is InChI=1S/C10H12ClNSSi/c1-14(11,10-12-7-8-13-10)9-5-3-2-4-6-9/h2-6H,7-8H2,1H3. The van der Waals surface area contributed by atoms with Crippen LogP contribution in [-0.4, -0.2) is 24.3 Å². The lowest BCUT2D eigenvalue weighted by molar-refractivity contribution is 1.18. The van der Waals surface area contributed by atoms with Crippen molar-refractivity contribution in [2.24, 2.45) is 4.99 Å². The summed E-state index contributed by atoms with van der Waals surface area (Å²) in [5.74, 6) is 1.09. The third-order valence-electron chi connectivity index (χ3n) is 2.30. The van der Waals surface area contributed by atoms with Gasteiger partial charge < -0.3 is 0 Å². The van der Waals surface area contributed by atoms with Crippen LogP contribution in [0.1, 0.15) is 0 Å². The van der Waals surface area contributed by atoms with E-state index in [1.54, 1.807) is 0 Å². The molecule has 1 atom stereocenters. The van der Waals surface area contributed by atoms with Gasteiger partial charge in [0.2, 0.25) is 7.38 Å². The molecule has 0 amide bonds. The van der Waals surface area contributed by atoms with Gasteiger partial charge in [-0.1, -0.05) is 30.3 Å². The molecule has 0 aromatic heterocycles. The minimum atomic E-state index is -1.96. The van der Waals surface area contributed by atoms with Crippen molar-refractivity contribution in [2.75, 3.05) is 12.3 Å². The Labute approximate surface area is 94.3 Å². The van der Waals surface area contributed by atoms with E-state index in [0.29, 0.717) is 0 Å². The molecule has 1 aliphatic rings. The summed E-state index contributed by atoms with van der Waals surface area (Å²) >= 11 is 8.48. The zero-order valence-electron chi connectivity index (χ0n) is 8.03. The predicted octanol–water partition coefficient (Wildman–Crippen LogP) is 2.39. The van der Waals surface area contributed by atoms with Gasteiger partial charge in [0.25, 0.3) is 0 Å². The van der Waals surface area contributed by atoms with Gasteiger partial charge in [-0.05, 0) is 11.7 Å². The fraction of sp³-hybridized carbons (Fsp3) is 0.300. The normalized spacial score (nSPS) is 20.3. The minimum absolute atomic E-state index is 0.933. The summed E-state index contributed by atoms with van der Waals surface area (Å²) in [7, 11) is -1.96. The number of rotatable bonds is 2. The highest BCUT2D eigenvalue weighted by atomic mass is 35.6. The highest BCUT2D eigenvalue weighted by Crippen LogP contribution is 2.24. The number of thioether (sulfide) groups is 1. The fourth-order valence-corrected chi connectivity index (χ4v) is 6.32. The van der Waals surface area contributed by atoms with Crippen LogP contribution in [0.4, 0.5) is 0 Å². The Morgan fingerprint density at radius 2 is 2.07 bits per heavy atom. The van der Waals surface area contributed by atoms with Crippen LogP contribution < -0.4 is 5.19 Å². The van der Waals surface area contributed by atoms with Gasteiger partial charge in [-0.3, -0.25) is 4.99 Å². The monoisotopic (exact) mass is 241 g/mol. The Morgan fingerprint density at radius 1 is 1.36 bits per heavy atom. The molecule has 1 nitrogen and oxygen atoms in total. The summed E-state index contributed by atoms with van der Waals surface area (Å²) in [5.41, 5.74) is 0. The van der Waals surface area contributed by atoms with Crippen molar-refractivity contribution in [3.63, 3.8) is 0 Å². The molecule has 0 spiro atoms. The first-order valence-corrected chi connectivity index (χ1v) is 9.13. The van der Waals surface area contributed by atoms with Gasteiger partial charge in [-0.15, -0.1) is 11.8 Å². The van der Waals surface area contributed by atoms with Gasteiger partial charge in [0.05, 0.1) is 4.67 Å². The third-order valence-corrected chi connectivity index (χ3v) is 8.66. The maximum atomic E-state index is 6.66. The average molecular weight is 242 g/mol. The van der Waals surface area contributed by atoms with Crippen LogP contribution in [0.15, 0.2) is 35.3 Å². The zero-order chi connectivity index (χ0) is 10.0. The molecule has 0 N–H and O–H groups in total. The molecule has 0 aliphatic carbocycles. The van der Waals surface area contributed by atoms with Gasteiger partial charge in [0.1, 0.15) is 0 Å². The molecule has 0 saturated heterocycles. The Bertz CT molecular complexity index is 350. The Hall–Kier alpha value is -0.253. The quantitative estimate of drug-likeness (QED) is 0.572. The summed E-state index contributed by atoms with van der Waals surface area (Å²) in [6.45, 7) is 3.09. The summed E-state index contributed by atoms with van der Waals surface area (Å²) in [4.78, 5) is 4.49. The number of halogens is 1. The number of nitrogens with zero attached hydrogens (tertiary/aromatic N) is 1. The van der Waals surface area contributed by atoms with E-state index in [0.717, 1.165) is 12.3 Å². The number of aliphatic imine (C=N–C) groups is 1. The van der Waals surface area contributed by atoms with Crippen LogP contribution in [0.5, 0.6) is 0 Å². The Kier molecular flexibility index (Phi) is 3.00. The number of benzene rings is 1. The molecule has 0 saturated carbocycles. The van der Waals surface area contributed by atoms with Gasteiger partial charge in [-0.25, -0.2) is 0 Å². The van der Waals surface area contributed by atoms with Crippen molar-refractivity contribution in [3.8, 4) is 0 Å². The summed E-state index contributed by atoms with van der Waals surface area (Å²) in [5, 5.41) is 1.26. The molecular weight excluding hydrogens is 230 g/mol. The molecule has 14 heavy (non-hydrogen) atoms. The van der Waals surface area contributed by atoms with Crippen molar-refractivity contribution < 1.29 is 0 Å². The summed E-state index contributed by atoms with van der Waals surface area (Å²) in [6, 6.07) is 10.3. The molecule has 0 fully saturated rings. The van der Waals surface area contributed by atoms with E-state index in [-0.39, 0.29) is 0 Å². The molecule has 1 unspecified atom stereocenters. The largest absolute Gasteiger partial charge is 0.285 e. The van der Waals surface area contributed by atoms with Gasteiger partial charge in [0.15, 0.2) is 0 Å². The number of hydrogen-bond acceptors (Lipinski definition) is 2. The van der Waals surface area contributed by atoms with Crippen LogP contribution >= 0.6 is 22.8 Å². The van der Waals surface area contributed by atoms with Gasteiger partial charge >= 0.3 is 0 Å². The molecule has 1 aliphatic heterocycles. The van der Waals surface area contributed by atoms with Crippen molar-refractivity contribution in [1.29, 1.82) is 0 Å². The van der Waals surface area contributed by atoms with E-state index >= 15 is 0 Å². The summed E-state index contributed by atoms with van der Waals surface area (Å²) < 4.78 is 1.19. The Balaban J connectivity index is 2.32. The maximum Gasteiger partial charge on any atom is 0.242 e. The van der Waals surface area contributed by atoms with E-state index in [9.17, 15) is 0 Å².